The number of carbonyl (C=O) groups is 1. The van der Waals surface area contributed by atoms with Gasteiger partial charge in [-0.25, -0.2) is 8.91 Å². The maximum atomic E-state index is 13.9. The van der Waals surface area contributed by atoms with Crippen LogP contribution in [0.5, 0.6) is 0 Å². The summed E-state index contributed by atoms with van der Waals surface area (Å²) in [5.41, 5.74) is 11.8. The molecule has 7 nitrogen and oxygen atoms in total. The van der Waals surface area contributed by atoms with E-state index in [1.165, 1.54) is 6.07 Å². The average molecular weight is 455 g/mol. The quantitative estimate of drug-likeness (QED) is 0.422. The van der Waals surface area contributed by atoms with E-state index in [-0.39, 0.29) is 23.7 Å². The number of fused-ring (bicyclic) bond motifs is 3. The number of carbonyl (C=O) groups excluding carboxylic acids is 1. The van der Waals surface area contributed by atoms with Gasteiger partial charge in [-0.3, -0.25) is 4.79 Å². The van der Waals surface area contributed by atoms with Gasteiger partial charge in [-0.2, -0.15) is 4.98 Å². The summed E-state index contributed by atoms with van der Waals surface area (Å²) in [5.74, 6) is -0.217. The number of nitrogens with two attached hydrogens (primary N) is 1. The number of benzene rings is 2. The number of amides is 1. The Kier molecular flexibility index (Phi) is 4.62. The summed E-state index contributed by atoms with van der Waals surface area (Å²) < 4.78 is 17.5. The van der Waals surface area contributed by atoms with Crippen LogP contribution >= 0.6 is 0 Å². The molecule has 1 aliphatic carbocycles. The number of nitrogens with one attached hydrogen (secondary N) is 1. The molecule has 0 unspecified atom stereocenters. The van der Waals surface area contributed by atoms with Crippen LogP contribution in [0.25, 0.3) is 27.7 Å². The Balaban J connectivity index is 1.37. The maximum absolute atomic E-state index is 13.9. The first-order valence-electron chi connectivity index (χ1n) is 11.3. The molecule has 0 aliphatic heterocycles. The van der Waals surface area contributed by atoms with E-state index in [0.29, 0.717) is 11.2 Å². The average Bonchev–Trinajstić information content (AvgIpc) is 3.37. The van der Waals surface area contributed by atoms with Crippen molar-refractivity contribution in [2.24, 2.45) is 7.05 Å². The Morgan fingerprint density at radius 2 is 2.00 bits per heavy atom. The number of hydrogen-bond donors (Lipinski definition) is 2. The highest BCUT2D eigenvalue weighted by atomic mass is 19.1. The van der Waals surface area contributed by atoms with Gasteiger partial charge in [0.25, 0.3) is 5.91 Å². The number of halogens is 1. The first kappa shape index (κ1) is 20.4. The SMILES string of the molecule is Cn1cc(C(=O)N[C@H]2CCCc3ccc(F)cc32)c2cc(-c3ccn4nc(N)nc4c3)ccc21. The predicted molar refractivity (Wildman–Crippen MR) is 129 cm³/mol. The fraction of sp³-hybridized carbons (Fsp3) is 0.192. The predicted octanol–water partition coefficient (Wildman–Crippen LogP) is 4.42. The van der Waals surface area contributed by atoms with E-state index in [4.69, 9.17) is 5.73 Å². The summed E-state index contributed by atoms with van der Waals surface area (Å²) in [5, 5.41) is 8.13. The fourth-order valence-corrected chi connectivity index (χ4v) is 4.99. The standard InChI is InChI=1S/C26H23FN6O/c1-32-14-21(25(34)29-22-4-2-3-15-5-7-18(27)13-19(15)22)20-11-16(6-8-23(20)32)17-9-10-33-24(12-17)30-26(28)31-33/h5-14,22H,2-4H2,1H3,(H2,28,31)(H,29,34)/t22-/m0/s1. The Hall–Kier alpha value is -4.20. The van der Waals surface area contributed by atoms with Gasteiger partial charge in [0.2, 0.25) is 5.95 Å². The Morgan fingerprint density at radius 1 is 1.15 bits per heavy atom. The summed E-state index contributed by atoms with van der Waals surface area (Å²) in [6.45, 7) is 0. The van der Waals surface area contributed by atoms with Gasteiger partial charge in [0.15, 0.2) is 5.65 Å². The molecule has 0 saturated carbocycles. The molecule has 3 N–H and O–H groups in total. The van der Waals surface area contributed by atoms with E-state index in [1.54, 1.807) is 10.6 Å². The lowest BCUT2D eigenvalue weighted by atomic mass is 9.87. The van der Waals surface area contributed by atoms with Crippen LogP contribution in [0.15, 0.2) is 60.9 Å². The number of anilines is 1. The lowest BCUT2D eigenvalue weighted by Gasteiger charge is -2.26. The van der Waals surface area contributed by atoms with Crippen molar-refractivity contribution in [2.45, 2.75) is 25.3 Å². The molecular formula is C26H23FN6O. The van der Waals surface area contributed by atoms with E-state index in [1.807, 2.05) is 60.4 Å². The van der Waals surface area contributed by atoms with Crippen molar-refractivity contribution in [3.05, 3.63) is 83.4 Å². The lowest BCUT2D eigenvalue weighted by molar-refractivity contribution is 0.0934. The molecule has 34 heavy (non-hydrogen) atoms. The van der Waals surface area contributed by atoms with Crippen molar-refractivity contribution in [1.82, 2.24) is 24.5 Å². The summed E-state index contributed by atoms with van der Waals surface area (Å²) in [6.07, 6.45) is 6.32. The van der Waals surface area contributed by atoms with Gasteiger partial charge in [0.05, 0.1) is 11.6 Å². The van der Waals surface area contributed by atoms with Crippen molar-refractivity contribution >= 4 is 28.4 Å². The minimum atomic E-state index is -0.277. The van der Waals surface area contributed by atoms with E-state index in [2.05, 4.69) is 15.4 Å². The summed E-state index contributed by atoms with van der Waals surface area (Å²) in [7, 11) is 1.93. The Morgan fingerprint density at radius 3 is 2.88 bits per heavy atom. The number of rotatable bonds is 3. The van der Waals surface area contributed by atoms with Crippen LogP contribution in [0.3, 0.4) is 0 Å². The van der Waals surface area contributed by atoms with Crippen molar-refractivity contribution in [3.63, 3.8) is 0 Å². The zero-order valence-electron chi connectivity index (χ0n) is 18.6. The van der Waals surface area contributed by atoms with E-state index >= 15 is 0 Å². The fourth-order valence-electron chi connectivity index (χ4n) is 4.99. The second-order valence-corrected chi connectivity index (χ2v) is 8.84. The second kappa shape index (κ2) is 7.69. The molecule has 1 aliphatic rings. The van der Waals surface area contributed by atoms with Gasteiger partial charge in [0, 0.05) is 30.3 Å². The molecule has 5 aromatic rings. The molecule has 3 aromatic heterocycles. The van der Waals surface area contributed by atoms with Crippen LogP contribution in [-0.2, 0) is 13.5 Å². The van der Waals surface area contributed by atoms with E-state index < -0.39 is 0 Å². The second-order valence-electron chi connectivity index (χ2n) is 8.84. The summed E-state index contributed by atoms with van der Waals surface area (Å²) in [6, 6.07) is 14.6. The van der Waals surface area contributed by atoms with Gasteiger partial charge < -0.3 is 15.6 Å². The molecule has 0 saturated heterocycles. The zero-order valence-corrected chi connectivity index (χ0v) is 18.6. The minimum absolute atomic E-state index is 0.162. The number of hydrogen-bond acceptors (Lipinski definition) is 4. The molecule has 0 bridgehead atoms. The third-order valence-corrected chi connectivity index (χ3v) is 6.65. The zero-order chi connectivity index (χ0) is 23.4. The van der Waals surface area contributed by atoms with Crippen molar-refractivity contribution in [3.8, 4) is 11.1 Å². The number of nitrogen functional groups attached to an aromatic ring is 1. The minimum Gasteiger partial charge on any atom is -0.366 e. The number of nitrogens with zero attached hydrogens (tertiary/aromatic N) is 4. The van der Waals surface area contributed by atoms with Crippen molar-refractivity contribution < 1.29 is 9.18 Å². The van der Waals surface area contributed by atoms with Crippen molar-refractivity contribution in [2.75, 3.05) is 5.73 Å². The van der Waals surface area contributed by atoms with Crippen LogP contribution in [0.4, 0.5) is 10.3 Å². The smallest absolute Gasteiger partial charge is 0.253 e. The van der Waals surface area contributed by atoms with Crippen molar-refractivity contribution in [1.29, 1.82) is 0 Å². The Bertz CT molecular complexity index is 1580. The molecule has 0 radical (unpaired) electrons. The Labute approximate surface area is 195 Å². The van der Waals surface area contributed by atoms with Crippen LogP contribution < -0.4 is 11.1 Å². The monoisotopic (exact) mass is 454 g/mol. The summed E-state index contributed by atoms with van der Waals surface area (Å²) in [4.78, 5) is 17.6. The molecule has 0 spiro atoms. The van der Waals surface area contributed by atoms with Crippen LogP contribution in [0.1, 0.15) is 40.4 Å². The first-order chi connectivity index (χ1) is 16.5. The first-order valence-corrected chi connectivity index (χ1v) is 11.3. The highest BCUT2D eigenvalue weighted by Gasteiger charge is 2.24. The molecule has 1 atom stereocenters. The van der Waals surface area contributed by atoms with E-state index in [0.717, 1.165) is 52.4 Å². The van der Waals surface area contributed by atoms with Gasteiger partial charge in [-0.1, -0.05) is 12.1 Å². The van der Waals surface area contributed by atoms with Crippen LogP contribution in [0.2, 0.25) is 0 Å². The molecule has 0 fully saturated rings. The molecule has 2 aromatic carbocycles. The molecular weight excluding hydrogens is 431 g/mol. The lowest BCUT2D eigenvalue weighted by Crippen LogP contribution is -2.31. The maximum Gasteiger partial charge on any atom is 0.253 e. The highest BCUT2D eigenvalue weighted by Crippen LogP contribution is 2.32. The third-order valence-electron chi connectivity index (χ3n) is 6.65. The number of aromatic nitrogens is 4. The third kappa shape index (κ3) is 3.39. The topological polar surface area (TPSA) is 90.2 Å². The van der Waals surface area contributed by atoms with Gasteiger partial charge >= 0.3 is 0 Å². The van der Waals surface area contributed by atoms with Crippen LogP contribution in [-0.4, -0.2) is 25.1 Å². The summed E-state index contributed by atoms with van der Waals surface area (Å²) >= 11 is 0. The molecule has 8 heteroatoms. The van der Waals surface area contributed by atoms with Gasteiger partial charge in [-0.05, 0) is 77.9 Å². The molecule has 1 amide bonds. The number of pyridine rings is 1. The molecule has 6 rings (SSSR count). The molecule has 3 heterocycles. The molecule has 170 valence electrons. The van der Waals surface area contributed by atoms with Crippen LogP contribution in [0, 0.1) is 5.82 Å². The highest BCUT2D eigenvalue weighted by molar-refractivity contribution is 6.08. The number of aryl methyl sites for hydroxylation is 2. The van der Waals surface area contributed by atoms with Gasteiger partial charge in [0.1, 0.15) is 5.82 Å². The van der Waals surface area contributed by atoms with E-state index in [9.17, 15) is 9.18 Å². The largest absolute Gasteiger partial charge is 0.366 e. The normalized spacial score (nSPS) is 15.5. The van der Waals surface area contributed by atoms with Gasteiger partial charge in [-0.15, -0.1) is 5.10 Å².